The van der Waals surface area contributed by atoms with Crippen LogP contribution >= 0.6 is 11.3 Å². The van der Waals surface area contributed by atoms with Crippen LogP contribution in [-0.2, 0) is 10.9 Å². The summed E-state index contributed by atoms with van der Waals surface area (Å²) in [5.41, 5.74) is 0. The Morgan fingerprint density at radius 3 is 1.61 bits per heavy atom. The van der Waals surface area contributed by atoms with E-state index in [1.165, 1.54) is 14.0 Å². The highest BCUT2D eigenvalue weighted by Gasteiger charge is 2.29. The van der Waals surface area contributed by atoms with Gasteiger partial charge in [-0.15, -0.1) is 0 Å². The SMILES string of the molecule is CCCCOc1ccc([S+](c2ccc(OCCCC)cc2)c2cccs2)cc1. The van der Waals surface area contributed by atoms with Crippen LogP contribution < -0.4 is 9.47 Å². The predicted molar refractivity (Wildman–Crippen MR) is 120 cm³/mol. The number of hydrogen-bond acceptors (Lipinski definition) is 3. The molecule has 148 valence electrons. The fourth-order valence-electron chi connectivity index (χ4n) is 2.76. The van der Waals surface area contributed by atoms with Crippen LogP contribution in [0.5, 0.6) is 11.5 Å². The number of thiophene rings is 1. The molecule has 3 aromatic rings. The van der Waals surface area contributed by atoms with E-state index in [9.17, 15) is 0 Å². The summed E-state index contributed by atoms with van der Waals surface area (Å²) < 4.78 is 13.0. The molecule has 0 saturated heterocycles. The van der Waals surface area contributed by atoms with Crippen molar-refractivity contribution in [1.82, 2.24) is 0 Å². The zero-order chi connectivity index (χ0) is 19.6. The van der Waals surface area contributed by atoms with E-state index < -0.39 is 0 Å². The lowest BCUT2D eigenvalue weighted by Gasteiger charge is -2.09. The summed E-state index contributed by atoms with van der Waals surface area (Å²) >= 11 is 1.81. The van der Waals surface area contributed by atoms with Crippen molar-refractivity contribution >= 4 is 22.2 Å². The molecule has 0 aliphatic carbocycles. The van der Waals surface area contributed by atoms with Crippen molar-refractivity contribution in [2.45, 2.75) is 53.5 Å². The largest absolute Gasteiger partial charge is 0.494 e. The summed E-state index contributed by atoms with van der Waals surface area (Å²) in [4.78, 5) is 2.62. The van der Waals surface area contributed by atoms with E-state index in [0.717, 1.165) is 50.4 Å². The standard InChI is InChI=1S/C24H29O2S2/c1-3-5-17-25-20-9-13-22(14-10-20)28(24-8-7-19-27-24)23-15-11-21(12-16-23)26-18-6-4-2/h7-16,19H,3-6,17-18H2,1-2H3/q+1. The first-order chi connectivity index (χ1) is 13.8. The fourth-order valence-corrected chi connectivity index (χ4v) is 6.11. The van der Waals surface area contributed by atoms with Gasteiger partial charge in [0.15, 0.2) is 9.79 Å². The van der Waals surface area contributed by atoms with E-state index in [1.807, 2.05) is 11.3 Å². The number of ether oxygens (including phenoxy) is 2. The van der Waals surface area contributed by atoms with E-state index in [4.69, 9.17) is 9.47 Å². The molecule has 0 radical (unpaired) electrons. The quantitative estimate of drug-likeness (QED) is 0.244. The molecule has 1 aromatic heterocycles. The zero-order valence-electron chi connectivity index (χ0n) is 16.7. The van der Waals surface area contributed by atoms with Gasteiger partial charge < -0.3 is 9.47 Å². The first-order valence-corrected chi connectivity index (χ1v) is 12.2. The second kappa shape index (κ2) is 11.2. The van der Waals surface area contributed by atoms with Crippen LogP contribution in [0.15, 0.2) is 80.0 Å². The van der Waals surface area contributed by atoms with Gasteiger partial charge >= 0.3 is 0 Å². The monoisotopic (exact) mass is 413 g/mol. The van der Waals surface area contributed by atoms with Gasteiger partial charge in [0, 0.05) is 6.07 Å². The number of benzene rings is 2. The summed E-state index contributed by atoms with van der Waals surface area (Å²) in [5.74, 6) is 1.90. The van der Waals surface area contributed by atoms with Crippen LogP contribution in [0.3, 0.4) is 0 Å². The summed E-state index contributed by atoms with van der Waals surface area (Å²) in [6, 6.07) is 21.6. The topological polar surface area (TPSA) is 18.5 Å². The molecule has 0 saturated carbocycles. The van der Waals surface area contributed by atoms with Crippen molar-refractivity contribution in [3.63, 3.8) is 0 Å². The third-order valence-corrected chi connectivity index (χ3v) is 7.82. The molecule has 3 rings (SSSR count). The summed E-state index contributed by atoms with van der Waals surface area (Å²) in [6.45, 7) is 5.93. The minimum absolute atomic E-state index is 0.107. The van der Waals surface area contributed by atoms with Gasteiger partial charge in [0.25, 0.3) is 0 Å². The minimum atomic E-state index is -0.107. The Morgan fingerprint density at radius 2 is 1.21 bits per heavy atom. The maximum Gasteiger partial charge on any atom is 0.220 e. The molecule has 4 heteroatoms. The van der Waals surface area contributed by atoms with Crippen molar-refractivity contribution in [1.29, 1.82) is 0 Å². The molecule has 0 aliphatic heterocycles. The zero-order valence-corrected chi connectivity index (χ0v) is 18.4. The van der Waals surface area contributed by atoms with Crippen molar-refractivity contribution in [3.05, 3.63) is 66.0 Å². The lowest BCUT2D eigenvalue weighted by Crippen LogP contribution is -2.04. The average molecular weight is 414 g/mol. The molecule has 0 bridgehead atoms. The molecular formula is C24H29O2S2+. The highest BCUT2D eigenvalue weighted by Crippen LogP contribution is 2.35. The smallest absolute Gasteiger partial charge is 0.220 e. The molecule has 0 atom stereocenters. The van der Waals surface area contributed by atoms with Crippen molar-refractivity contribution < 1.29 is 9.47 Å². The van der Waals surface area contributed by atoms with Crippen LogP contribution in [0.1, 0.15) is 39.5 Å². The molecule has 28 heavy (non-hydrogen) atoms. The Morgan fingerprint density at radius 1 is 0.714 bits per heavy atom. The Labute approximate surface area is 175 Å². The molecule has 0 fully saturated rings. The van der Waals surface area contributed by atoms with Crippen molar-refractivity contribution in [2.24, 2.45) is 0 Å². The Hall–Kier alpha value is -1.91. The molecule has 0 amide bonds. The van der Waals surface area contributed by atoms with Gasteiger partial charge in [-0.2, -0.15) is 0 Å². The van der Waals surface area contributed by atoms with Gasteiger partial charge in [-0.3, -0.25) is 0 Å². The van der Waals surface area contributed by atoms with Gasteiger partial charge in [-0.25, -0.2) is 0 Å². The number of unbranched alkanes of at least 4 members (excludes halogenated alkanes) is 2. The fraction of sp³-hybridized carbons (Fsp3) is 0.333. The lowest BCUT2D eigenvalue weighted by atomic mass is 10.3. The van der Waals surface area contributed by atoms with Gasteiger partial charge in [0.1, 0.15) is 22.4 Å². The van der Waals surface area contributed by atoms with E-state index in [2.05, 4.69) is 79.9 Å². The number of rotatable bonds is 11. The van der Waals surface area contributed by atoms with Gasteiger partial charge in [-0.05, 0) is 72.8 Å². The average Bonchev–Trinajstić information content (AvgIpc) is 3.25. The van der Waals surface area contributed by atoms with Gasteiger partial charge in [0.2, 0.25) is 4.21 Å². The maximum atomic E-state index is 5.83. The molecule has 0 aliphatic rings. The first-order valence-electron chi connectivity index (χ1n) is 10.1. The van der Waals surface area contributed by atoms with Gasteiger partial charge in [-0.1, -0.05) is 38.0 Å². The summed E-state index contributed by atoms with van der Waals surface area (Å²) in [5, 5.41) is 2.15. The first kappa shape index (κ1) is 20.8. The molecule has 0 unspecified atom stereocenters. The van der Waals surface area contributed by atoms with Gasteiger partial charge in [0.05, 0.1) is 13.2 Å². The Balaban J connectivity index is 1.78. The third kappa shape index (κ3) is 5.79. The van der Waals surface area contributed by atoms with Crippen LogP contribution in [0.25, 0.3) is 0 Å². The lowest BCUT2D eigenvalue weighted by molar-refractivity contribution is 0.309. The molecule has 0 N–H and O–H groups in total. The molecular weight excluding hydrogens is 384 g/mol. The third-order valence-electron chi connectivity index (χ3n) is 4.35. The van der Waals surface area contributed by atoms with Crippen LogP contribution in [0.2, 0.25) is 0 Å². The minimum Gasteiger partial charge on any atom is -0.494 e. The molecule has 0 spiro atoms. The molecule has 1 heterocycles. The van der Waals surface area contributed by atoms with Crippen LogP contribution in [0, 0.1) is 0 Å². The normalized spacial score (nSPS) is 11.0. The second-order valence-electron chi connectivity index (χ2n) is 6.59. The molecule has 2 nitrogen and oxygen atoms in total. The highest BCUT2D eigenvalue weighted by atomic mass is 32.2. The highest BCUT2D eigenvalue weighted by molar-refractivity contribution is 7.98. The van der Waals surface area contributed by atoms with Crippen molar-refractivity contribution in [2.75, 3.05) is 13.2 Å². The Bertz CT molecular complexity index is 742. The second-order valence-corrected chi connectivity index (χ2v) is 9.79. The van der Waals surface area contributed by atoms with Crippen LogP contribution in [0.4, 0.5) is 0 Å². The maximum absolute atomic E-state index is 5.83. The van der Waals surface area contributed by atoms with Crippen molar-refractivity contribution in [3.8, 4) is 11.5 Å². The summed E-state index contributed by atoms with van der Waals surface area (Å²) in [7, 11) is -0.107. The van der Waals surface area contributed by atoms with E-state index in [1.54, 1.807) is 0 Å². The summed E-state index contributed by atoms with van der Waals surface area (Å²) in [6.07, 6.45) is 4.48. The van der Waals surface area contributed by atoms with Crippen LogP contribution in [-0.4, -0.2) is 13.2 Å². The van der Waals surface area contributed by atoms with E-state index in [0.29, 0.717) is 0 Å². The van der Waals surface area contributed by atoms with E-state index >= 15 is 0 Å². The molecule has 2 aromatic carbocycles. The van der Waals surface area contributed by atoms with E-state index in [-0.39, 0.29) is 10.9 Å². The predicted octanol–water partition coefficient (Wildman–Crippen LogP) is 7.20. The Kier molecular flexibility index (Phi) is 8.31. The number of hydrogen-bond donors (Lipinski definition) is 0.